The molecule has 1 aliphatic heterocycles. The molecule has 0 amide bonds. The Hall–Kier alpha value is -0.660. The number of benzene rings is 1. The summed E-state index contributed by atoms with van der Waals surface area (Å²) in [7, 11) is 0. The summed E-state index contributed by atoms with van der Waals surface area (Å²) in [4.78, 5) is 12.3. The summed E-state index contributed by atoms with van der Waals surface area (Å²) in [6.45, 7) is 7.65. The molecular weight excluding hydrogens is 369 g/mol. The first-order chi connectivity index (χ1) is 9.16. The van der Waals surface area contributed by atoms with E-state index in [1.807, 2.05) is 45.9 Å². The maximum absolute atomic E-state index is 12.3. The molecule has 5 heteroatoms. The van der Waals surface area contributed by atoms with Gasteiger partial charge in [0.25, 0.3) is 0 Å². The first kappa shape index (κ1) is 15.7. The molecule has 1 saturated heterocycles. The molecule has 1 fully saturated rings. The molecule has 1 unspecified atom stereocenters. The maximum atomic E-state index is 12.3. The molecule has 1 aliphatic rings. The number of hydrogen-bond acceptors (Lipinski definition) is 4. The van der Waals surface area contributed by atoms with Gasteiger partial charge in [0.05, 0.1) is 11.1 Å². The summed E-state index contributed by atoms with van der Waals surface area (Å²) in [5, 5.41) is 11.5. The molecule has 2 rings (SSSR count). The SMILES string of the molecule is CC1(C)CC(OC(=O)c2ccccc2I)C(C)(C)N1O. The molecule has 0 aromatic heterocycles. The van der Waals surface area contributed by atoms with E-state index in [0.717, 1.165) is 3.57 Å². The van der Waals surface area contributed by atoms with Gasteiger partial charge in [-0.3, -0.25) is 0 Å². The van der Waals surface area contributed by atoms with E-state index in [0.29, 0.717) is 12.0 Å². The maximum Gasteiger partial charge on any atom is 0.339 e. The molecule has 4 nitrogen and oxygen atoms in total. The van der Waals surface area contributed by atoms with E-state index in [1.165, 1.54) is 5.06 Å². The van der Waals surface area contributed by atoms with Crippen LogP contribution in [0.5, 0.6) is 0 Å². The first-order valence-electron chi connectivity index (χ1n) is 6.61. The number of carbonyl (C=O) groups excluding carboxylic acids is 1. The van der Waals surface area contributed by atoms with Crippen LogP contribution in [0.2, 0.25) is 0 Å². The molecule has 0 saturated carbocycles. The minimum atomic E-state index is -0.598. The lowest BCUT2D eigenvalue weighted by atomic mass is 9.97. The average Bonchev–Trinajstić information content (AvgIpc) is 2.50. The zero-order valence-corrected chi connectivity index (χ0v) is 14.3. The quantitative estimate of drug-likeness (QED) is 0.622. The van der Waals surface area contributed by atoms with E-state index >= 15 is 0 Å². The summed E-state index contributed by atoms with van der Waals surface area (Å²) in [6.07, 6.45) is 0.261. The van der Waals surface area contributed by atoms with Crippen LogP contribution in [0.4, 0.5) is 0 Å². The fourth-order valence-electron chi connectivity index (χ4n) is 2.71. The van der Waals surface area contributed by atoms with Crippen molar-refractivity contribution in [3.63, 3.8) is 0 Å². The van der Waals surface area contributed by atoms with E-state index in [9.17, 15) is 10.0 Å². The van der Waals surface area contributed by atoms with Crippen LogP contribution in [0.1, 0.15) is 44.5 Å². The van der Waals surface area contributed by atoms with E-state index in [2.05, 4.69) is 22.6 Å². The molecule has 1 N–H and O–H groups in total. The lowest BCUT2D eigenvalue weighted by Crippen LogP contribution is -2.49. The molecular formula is C15H20INO3. The van der Waals surface area contributed by atoms with Crippen LogP contribution in [0, 0.1) is 3.57 Å². The van der Waals surface area contributed by atoms with E-state index in [4.69, 9.17) is 4.74 Å². The second-order valence-corrected chi connectivity index (χ2v) is 7.52. The van der Waals surface area contributed by atoms with E-state index in [-0.39, 0.29) is 12.1 Å². The number of esters is 1. The minimum absolute atomic E-state index is 0.334. The summed E-state index contributed by atoms with van der Waals surface area (Å²) in [6, 6.07) is 7.34. The van der Waals surface area contributed by atoms with Gasteiger partial charge in [0.2, 0.25) is 0 Å². The van der Waals surface area contributed by atoms with Crippen LogP contribution in [0.15, 0.2) is 24.3 Å². The Balaban J connectivity index is 2.19. The summed E-state index contributed by atoms with van der Waals surface area (Å²) >= 11 is 2.12. The molecule has 20 heavy (non-hydrogen) atoms. The number of carbonyl (C=O) groups is 1. The van der Waals surface area contributed by atoms with Crippen molar-refractivity contribution in [1.82, 2.24) is 5.06 Å². The summed E-state index contributed by atoms with van der Waals surface area (Å²) < 4.78 is 6.52. The number of hydroxylamine groups is 2. The standard InChI is InChI=1S/C15H20INO3/c1-14(2)9-12(15(3,4)17(14)19)20-13(18)10-7-5-6-8-11(10)16/h5-8,12,19H,9H2,1-4H3. The topological polar surface area (TPSA) is 49.8 Å². The molecule has 1 atom stereocenters. The normalized spacial score (nSPS) is 24.6. The molecule has 0 bridgehead atoms. The van der Waals surface area contributed by atoms with Gasteiger partial charge >= 0.3 is 5.97 Å². The highest BCUT2D eigenvalue weighted by molar-refractivity contribution is 14.1. The first-order valence-corrected chi connectivity index (χ1v) is 7.69. The third-order valence-electron chi connectivity index (χ3n) is 3.94. The molecule has 110 valence electrons. The van der Waals surface area contributed by atoms with Crippen LogP contribution >= 0.6 is 22.6 Å². The Kier molecular flexibility index (Phi) is 4.15. The van der Waals surface area contributed by atoms with Gasteiger partial charge in [-0.1, -0.05) is 12.1 Å². The van der Waals surface area contributed by atoms with Gasteiger partial charge in [0.1, 0.15) is 6.10 Å². The summed E-state index contributed by atoms with van der Waals surface area (Å²) in [5.41, 5.74) is -0.435. The zero-order valence-electron chi connectivity index (χ0n) is 12.2. The second kappa shape index (κ2) is 5.27. The van der Waals surface area contributed by atoms with Crippen molar-refractivity contribution in [2.75, 3.05) is 0 Å². The average molecular weight is 389 g/mol. The van der Waals surface area contributed by atoms with Gasteiger partial charge < -0.3 is 9.94 Å². The van der Waals surface area contributed by atoms with Crippen LogP contribution in [0.3, 0.4) is 0 Å². The third-order valence-corrected chi connectivity index (χ3v) is 4.88. The van der Waals surface area contributed by atoms with Crippen LogP contribution < -0.4 is 0 Å². The summed E-state index contributed by atoms with van der Waals surface area (Å²) in [5.74, 6) is -0.334. The molecule has 0 aliphatic carbocycles. The highest BCUT2D eigenvalue weighted by Gasteiger charge is 2.53. The highest BCUT2D eigenvalue weighted by Crippen LogP contribution is 2.41. The Morgan fingerprint density at radius 3 is 2.45 bits per heavy atom. The van der Waals surface area contributed by atoms with Crippen molar-refractivity contribution in [1.29, 1.82) is 0 Å². The van der Waals surface area contributed by atoms with Gasteiger partial charge in [-0.2, -0.15) is 5.06 Å². The predicted molar refractivity (Wildman–Crippen MR) is 84.8 cm³/mol. The molecule has 1 aromatic rings. The monoisotopic (exact) mass is 389 g/mol. The van der Waals surface area contributed by atoms with Gasteiger partial charge in [-0.05, 0) is 62.4 Å². The fourth-order valence-corrected chi connectivity index (χ4v) is 3.32. The largest absolute Gasteiger partial charge is 0.457 e. The fraction of sp³-hybridized carbons (Fsp3) is 0.533. The lowest BCUT2D eigenvalue weighted by molar-refractivity contribution is -0.201. The molecule has 0 spiro atoms. The Labute approximate surface area is 133 Å². The zero-order chi connectivity index (χ0) is 15.1. The minimum Gasteiger partial charge on any atom is -0.457 e. The third kappa shape index (κ3) is 2.71. The van der Waals surface area contributed by atoms with Crippen molar-refractivity contribution in [3.05, 3.63) is 33.4 Å². The number of hydrogen-bond donors (Lipinski definition) is 1. The molecule has 1 aromatic carbocycles. The van der Waals surface area contributed by atoms with Crippen molar-refractivity contribution in [2.24, 2.45) is 0 Å². The number of rotatable bonds is 2. The highest BCUT2D eigenvalue weighted by atomic mass is 127. The predicted octanol–water partition coefficient (Wildman–Crippen LogP) is 3.47. The van der Waals surface area contributed by atoms with E-state index < -0.39 is 11.1 Å². The smallest absolute Gasteiger partial charge is 0.339 e. The Morgan fingerprint density at radius 2 is 1.95 bits per heavy atom. The Morgan fingerprint density at radius 1 is 1.35 bits per heavy atom. The van der Waals surface area contributed by atoms with Crippen LogP contribution in [0.25, 0.3) is 0 Å². The Bertz CT molecular complexity index is 528. The number of nitrogens with zero attached hydrogens (tertiary/aromatic N) is 1. The van der Waals surface area contributed by atoms with E-state index in [1.54, 1.807) is 6.07 Å². The van der Waals surface area contributed by atoms with Gasteiger partial charge in [-0.15, -0.1) is 0 Å². The second-order valence-electron chi connectivity index (χ2n) is 6.36. The number of ether oxygens (including phenoxy) is 1. The number of halogens is 1. The van der Waals surface area contributed by atoms with Crippen LogP contribution in [-0.2, 0) is 4.74 Å². The van der Waals surface area contributed by atoms with Crippen molar-refractivity contribution in [3.8, 4) is 0 Å². The van der Waals surface area contributed by atoms with Crippen molar-refractivity contribution >= 4 is 28.6 Å². The van der Waals surface area contributed by atoms with Gasteiger partial charge in [0, 0.05) is 15.5 Å². The lowest BCUT2D eigenvalue weighted by Gasteiger charge is -2.35. The van der Waals surface area contributed by atoms with Crippen LogP contribution in [-0.4, -0.2) is 33.4 Å². The van der Waals surface area contributed by atoms with Crippen molar-refractivity contribution < 1.29 is 14.7 Å². The molecule has 0 radical (unpaired) electrons. The van der Waals surface area contributed by atoms with Gasteiger partial charge in [0.15, 0.2) is 0 Å². The van der Waals surface area contributed by atoms with Crippen molar-refractivity contribution in [2.45, 2.75) is 51.3 Å². The molecule has 1 heterocycles. The van der Waals surface area contributed by atoms with Gasteiger partial charge in [-0.25, -0.2) is 4.79 Å².